The summed E-state index contributed by atoms with van der Waals surface area (Å²) in [5, 5.41) is 4.91. The number of Topliss-reactive ketones (excluding diaryl/α,β-unsaturated/α-hetero) is 1. The highest BCUT2D eigenvalue weighted by molar-refractivity contribution is 7.10. The SMILES string of the molecule is O=C1C[C@@H](c2ccc(F)cc2)C2=C(C[C@@H](c3cccs3)CC2=O)N1. The maximum atomic E-state index is 13.2. The van der Waals surface area contributed by atoms with Crippen molar-refractivity contribution in [2.75, 3.05) is 0 Å². The molecule has 1 N–H and O–H groups in total. The molecule has 0 unspecified atom stereocenters. The van der Waals surface area contributed by atoms with E-state index in [4.69, 9.17) is 0 Å². The highest BCUT2D eigenvalue weighted by Crippen LogP contribution is 2.43. The predicted octanol–water partition coefficient (Wildman–Crippen LogP) is 3.89. The maximum Gasteiger partial charge on any atom is 0.225 e. The fourth-order valence-corrected chi connectivity index (χ4v) is 4.50. The highest BCUT2D eigenvalue weighted by atomic mass is 32.1. The van der Waals surface area contributed by atoms with Gasteiger partial charge in [0.2, 0.25) is 5.91 Å². The van der Waals surface area contributed by atoms with E-state index in [1.165, 1.54) is 17.0 Å². The topological polar surface area (TPSA) is 46.2 Å². The third-order valence-electron chi connectivity index (χ3n) is 4.75. The molecule has 2 aromatic rings. The summed E-state index contributed by atoms with van der Waals surface area (Å²) >= 11 is 1.64. The number of allylic oxidation sites excluding steroid dienone is 2. The number of carbonyl (C=O) groups excluding carboxylic acids is 2. The summed E-state index contributed by atoms with van der Waals surface area (Å²) in [7, 11) is 0. The molecule has 1 aromatic carbocycles. The van der Waals surface area contributed by atoms with E-state index in [1.54, 1.807) is 23.5 Å². The molecule has 3 nitrogen and oxygen atoms in total. The first-order valence-electron chi connectivity index (χ1n) is 7.97. The lowest BCUT2D eigenvalue weighted by Gasteiger charge is -2.34. The van der Waals surface area contributed by atoms with Crippen LogP contribution in [0.3, 0.4) is 0 Å². The summed E-state index contributed by atoms with van der Waals surface area (Å²) in [6.07, 6.45) is 1.37. The number of nitrogens with one attached hydrogen (secondary N) is 1. The zero-order valence-corrected chi connectivity index (χ0v) is 13.7. The number of benzene rings is 1. The number of hydrogen-bond acceptors (Lipinski definition) is 3. The van der Waals surface area contributed by atoms with Crippen LogP contribution in [0.25, 0.3) is 0 Å². The first-order chi connectivity index (χ1) is 11.6. The summed E-state index contributed by atoms with van der Waals surface area (Å²) in [5.41, 5.74) is 2.27. The van der Waals surface area contributed by atoms with Crippen molar-refractivity contribution in [1.82, 2.24) is 5.32 Å². The van der Waals surface area contributed by atoms with Crippen molar-refractivity contribution in [3.05, 3.63) is 69.3 Å². The van der Waals surface area contributed by atoms with Crippen molar-refractivity contribution in [2.45, 2.75) is 31.1 Å². The van der Waals surface area contributed by atoms with Gasteiger partial charge in [0.05, 0.1) is 0 Å². The standard InChI is InChI=1S/C19H16FNO2S/c20-13-5-3-11(4-6-13)14-10-18(23)21-15-8-12(9-16(22)19(14)15)17-2-1-7-24-17/h1-7,12,14H,8-10H2,(H,21,23)/t12-,14+/m1/s1. The molecule has 5 heteroatoms. The van der Waals surface area contributed by atoms with Crippen LogP contribution in [0.5, 0.6) is 0 Å². The van der Waals surface area contributed by atoms with Gasteiger partial charge in [-0.05, 0) is 35.6 Å². The fourth-order valence-electron chi connectivity index (χ4n) is 3.66. The van der Waals surface area contributed by atoms with Crippen LogP contribution in [-0.2, 0) is 9.59 Å². The molecule has 0 spiro atoms. The lowest BCUT2D eigenvalue weighted by atomic mass is 9.75. The normalized spacial score (nSPS) is 23.9. The van der Waals surface area contributed by atoms with E-state index in [2.05, 4.69) is 5.32 Å². The van der Waals surface area contributed by atoms with Gasteiger partial charge in [0.15, 0.2) is 5.78 Å². The Hall–Kier alpha value is -2.27. The maximum absolute atomic E-state index is 13.2. The average molecular weight is 341 g/mol. The summed E-state index contributed by atoms with van der Waals surface area (Å²) in [6, 6.07) is 10.1. The van der Waals surface area contributed by atoms with Crippen LogP contribution in [0.15, 0.2) is 53.0 Å². The van der Waals surface area contributed by atoms with Gasteiger partial charge in [-0.25, -0.2) is 4.39 Å². The second-order valence-corrected chi connectivity index (χ2v) is 7.27. The first kappa shape index (κ1) is 15.3. The monoisotopic (exact) mass is 341 g/mol. The van der Waals surface area contributed by atoms with Gasteiger partial charge in [-0.2, -0.15) is 0 Å². The Morgan fingerprint density at radius 2 is 1.83 bits per heavy atom. The van der Waals surface area contributed by atoms with E-state index in [0.29, 0.717) is 18.4 Å². The van der Waals surface area contributed by atoms with Gasteiger partial charge in [-0.15, -0.1) is 11.3 Å². The third kappa shape index (κ3) is 2.69. The molecule has 122 valence electrons. The Bertz CT molecular complexity index is 824. The molecule has 1 aromatic heterocycles. The van der Waals surface area contributed by atoms with Gasteiger partial charge in [0.25, 0.3) is 0 Å². The van der Waals surface area contributed by atoms with Crippen LogP contribution in [0.1, 0.15) is 41.5 Å². The molecule has 1 amide bonds. The quantitative estimate of drug-likeness (QED) is 0.901. The summed E-state index contributed by atoms with van der Waals surface area (Å²) in [5.74, 6) is -0.456. The minimum Gasteiger partial charge on any atom is -0.329 e. The van der Waals surface area contributed by atoms with Crippen LogP contribution in [-0.4, -0.2) is 11.7 Å². The van der Waals surface area contributed by atoms with E-state index >= 15 is 0 Å². The Morgan fingerprint density at radius 3 is 2.54 bits per heavy atom. The summed E-state index contributed by atoms with van der Waals surface area (Å²) in [6.45, 7) is 0. The highest BCUT2D eigenvalue weighted by Gasteiger charge is 2.38. The predicted molar refractivity (Wildman–Crippen MR) is 90.2 cm³/mol. The zero-order chi connectivity index (χ0) is 16.7. The number of hydrogen-bond donors (Lipinski definition) is 1. The van der Waals surface area contributed by atoms with Crippen molar-refractivity contribution in [3.63, 3.8) is 0 Å². The van der Waals surface area contributed by atoms with Gasteiger partial charge in [-0.3, -0.25) is 9.59 Å². The van der Waals surface area contributed by atoms with Gasteiger partial charge in [0, 0.05) is 40.8 Å². The Kier molecular flexibility index (Phi) is 3.81. The number of carbonyl (C=O) groups is 2. The van der Waals surface area contributed by atoms with E-state index in [1.807, 2.05) is 17.5 Å². The van der Waals surface area contributed by atoms with E-state index in [9.17, 15) is 14.0 Å². The van der Waals surface area contributed by atoms with Crippen LogP contribution in [0.4, 0.5) is 4.39 Å². The number of ketones is 1. The Balaban J connectivity index is 1.72. The molecule has 0 radical (unpaired) electrons. The minimum absolute atomic E-state index is 0.0808. The molecule has 0 saturated heterocycles. The Morgan fingerprint density at radius 1 is 1.04 bits per heavy atom. The molecule has 1 aliphatic heterocycles. The van der Waals surface area contributed by atoms with Gasteiger partial charge < -0.3 is 5.32 Å². The molecular weight excluding hydrogens is 325 g/mol. The first-order valence-corrected chi connectivity index (χ1v) is 8.84. The third-order valence-corrected chi connectivity index (χ3v) is 5.79. The largest absolute Gasteiger partial charge is 0.329 e. The fraction of sp³-hybridized carbons (Fsp3) is 0.263. The van der Waals surface area contributed by atoms with Crippen LogP contribution in [0.2, 0.25) is 0 Å². The second-order valence-electron chi connectivity index (χ2n) is 6.29. The molecule has 0 bridgehead atoms. The summed E-state index contributed by atoms with van der Waals surface area (Å²) in [4.78, 5) is 26.1. The van der Waals surface area contributed by atoms with Crippen molar-refractivity contribution in [1.29, 1.82) is 0 Å². The number of rotatable bonds is 2. The van der Waals surface area contributed by atoms with E-state index < -0.39 is 0 Å². The number of amides is 1. The zero-order valence-electron chi connectivity index (χ0n) is 12.9. The lowest BCUT2D eigenvalue weighted by molar-refractivity contribution is -0.122. The van der Waals surface area contributed by atoms with E-state index in [-0.39, 0.29) is 35.8 Å². The lowest BCUT2D eigenvalue weighted by Crippen LogP contribution is -2.38. The average Bonchev–Trinajstić information content (AvgIpc) is 3.09. The van der Waals surface area contributed by atoms with Crippen molar-refractivity contribution < 1.29 is 14.0 Å². The Labute approximate surface area is 143 Å². The second kappa shape index (κ2) is 5.98. The van der Waals surface area contributed by atoms with E-state index in [0.717, 1.165) is 11.3 Å². The number of thiophene rings is 1. The molecule has 24 heavy (non-hydrogen) atoms. The molecule has 1 aliphatic carbocycles. The minimum atomic E-state index is -0.319. The van der Waals surface area contributed by atoms with Crippen LogP contribution in [0, 0.1) is 5.82 Å². The molecule has 4 rings (SSSR count). The van der Waals surface area contributed by atoms with Crippen molar-refractivity contribution >= 4 is 23.0 Å². The van der Waals surface area contributed by atoms with Crippen LogP contribution >= 0.6 is 11.3 Å². The van der Waals surface area contributed by atoms with Crippen molar-refractivity contribution in [2.24, 2.45) is 0 Å². The van der Waals surface area contributed by atoms with Crippen LogP contribution < -0.4 is 5.32 Å². The summed E-state index contributed by atoms with van der Waals surface area (Å²) < 4.78 is 13.2. The molecule has 0 fully saturated rings. The molecule has 2 aliphatic rings. The van der Waals surface area contributed by atoms with Gasteiger partial charge >= 0.3 is 0 Å². The number of halogens is 1. The molecule has 2 heterocycles. The van der Waals surface area contributed by atoms with Gasteiger partial charge in [-0.1, -0.05) is 18.2 Å². The van der Waals surface area contributed by atoms with Crippen molar-refractivity contribution in [3.8, 4) is 0 Å². The molecule has 2 atom stereocenters. The molecular formula is C19H16FNO2S. The van der Waals surface area contributed by atoms with Gasteiger partial charge in [0.1, 0.15) is 5.82 Å². The molecule has 0 saturated carbocycles. The smallest absolute Gasteiger partial charge is 0.225 e.